The van der Waals surface area contributed by atoms with Crippen molar-refractivity contribution in [3.63, 3.8) is 0 Å². The summed E-state index contributed by atoms with van der Waals surface area (Å²) in [5.41, 5.74) is 0.639. The molecule has 2 heterocycles. The van der Waals surface area contributed by atoms with Gasteiger partial charge in [-0.1, -0.05) is 40.5 Å². The first-order valence-corrected chi connectivity index (χ1v) is 13.5. The summed E-state index contributed by atoms with van der Waals surface area (Å²) in [7, 11) is 0. The SMILES string of the molecule is CC(=Cc1csc(C)n1)[C@H]1C[C@@H]2C[C@H]2CCC[C@@H](C)[C@@H](O)[C@H](C)C(=O)C(C)(C)[C@H](O)CC(=O)O1. The lowest BCUT2D eigenvalue weighted by Gasteiger charge is -2.34. The number of thiazole rings is 1. The van der Waals surface area contributed by atoms with E-state index in [-0.39, 0.29) is 24.2 Å². The van der Waals surface area contributed by atoms with E-state index in [4.69, 9.17) is 4.74 Å². The summed E-state index contributed by atoms with van der Waals surface area (Å²) in [6.45, 7) is 10.9. The molecule has 1 saturated carbocycles. The fraction of sp³-hybridized carbons (Fsp3) is 0.741. The first-order valence-electron chi connectivity index (χ1n) is 12.6. The number of hydrogen-bond acceptors (Lipinski definition) is 7. The standard InChI is InChI=1S/C27H41NO5S/c1-15-8-7-9-19-11-20(19)12-22(16(2)10-21-14-34-18(4)28-21)33-24(30)13-23(29)27(5,6)26(32)17(3)25(15)31/h10,14-15,17,19-20,22-23,25,29,31H,7-9,11-13H2,1-6H3/t15-,17+,19-,20+,22-,23-,25-/m1/s1. The third kappa shape index (κ3) is 6.55. The van der Waals surface area contributed by atoms with Crippen molar-refractivity contribution in [2.75, 3.05) is 0 Å². The lowest BCUT2D eigenvalue weighted by molar-refractivity contribution is -0.154. The number of aliphatic hydroxyl groups is 2. The molecule has 1 saturated heterocycles. The molecule has 6 nitrogen and oxygen atoms in total. The molecule has 1 aliphatic carbocycles. The van der Waals surface area contributed by atoms with Crippen molar-refractivity contribution in [1.29, 1.82) is 0 Å². The van der Waals surface area contributed by atoms with Gasteiger partial charge in [0.1, 0.15) is 11.9 Å². The minimum Gasteiger partial charge on any atom is -0.458 e. The van der Waals surface area contributed by atoms with Crippen LogP contribution in [0, 0.1) is 36.0 Å². The van der Waals surface area contributed by atoms with Crippen molar-refractivity contribution in [1.82, 2.24) is 4.98 Å². The first-order chi connectivity index (χ1) is 15.9. The molecule has 0 unspecified atom stereocenters. The van der Waals surface area contributed by atoms with Gasteiger partial charge in [0.15, 0.2) is 0 Å². The van der Waals surface area contributed by atoms with E-state index in [1.54, 1.807) is 32.1 Å². The highest BCUT2D eigenvalue weighted by atomic mass is 32.1. The van der Waals surface area contributed by atoms with Crippen LogP contribution >= 0.6 is 11.3 Å². The van der Waals surface area contributed by atoms with Crippen LogP contribution in [0.4, 0.5) is 0 Å². The Kier molecular flexibility index (Phi) is 8.75. The number of aryl methyl sites for hydroxylation is 1. The zero-order valence-corrected chi connectivity index (χ0v) is 22.2. The van der Waals surface area contributed by atoms with E-state index in [9.17, 15) is 19.8 Å². The molecule has 2 N–H and O–H groups in total. The van der Waals surface area contributed by atoms with Gasteiger partial charge in [0.25, 0.3) is 0 Å². The Balaban J connectivity index is 1.81. The highest BCUT2D eigenvalue weighted by molar-refractivity contribution is 7.09. The molecule has 1 aliphatic heterocycles. The monoisotopic (exact) mass is 491 g/mol. The molecule has 0 radical (unpaired) electrons. The summed E-state index contributed by atoms with van der Waals surface area (Å²) >= 11 is 1.58. The topological polar surface area (TPSA) is 96.7 Å². The Morgan fingerprint density at radius 3 is 2.53 bits per heavy atom. The Labute approximate surface area is 207 Å². The molecule has 3 rings (SSSR count). The third-order valence-electron chi connectivity index (χ3n) is 7.95. The maximum atomic E-state index is 13.2. The number of carbonyl (C=O) groups excluding carboxylic acids is 2. The molecular weight excluding hydrogens is 450 g/mol. The first kappa shape index (κ1) is 27.0. The Morgan fingerprint density at radius 1 is 1.18 bits per heavy atom. The second-order valence-electron chi connectivity index (χ2n) is 11.1. The van der Waals surface area contributed by atoms with E-state index >= 15 is 0 Å². The molecular formula is C27H41NO5S. The molecule has 1 aromatic heterocycles. The summed E-state index contributed by atoms with van der Waals surface area (Å²) in [5, 5.41) is 24.6. The maximum Gasteiger partial charge on any atom is 0.309 e. The lowest BCUT2D eigenvalue weighted by atomic mass is 9.73. The zero-order valence-electron chi connectivity index (χ0n) is 21.4. The van der Waals surface area contributed by atoms with Crippen molar-refractivity contribution in [3.05, 3.63) is 21.7 Å². The van der Waals surface area contributed by atoms with Crippen LogP contribution in [0.2, 0.25) is 0 Å². The molecule has 0 amide bonds. The number of rotatable bonds is 2. The van der Waals surface area contributed by atoms with Crippen molar-refractivity contribution in [2.24, 2.45) is 29.1 Å². The van der Waals surface area contributed by atoms with Crippen LogP contribution in [-0.2, 0) is 14.3 Å². The zero-order chi connectivity index (χ0) is 25.2. The number of Topliss-reactive ketones (excluding diaryl/α,β-unsaturated/α-hetero) is 1. The maximum absolute atomic E-state index is 13.2. The molecule has 2 aliphatic rings. The van der Waals surface area contributed by atoms with E-state index in [2.05, 4.69) is 4.98 Å². The summed E-state index contributed by atoms with van der Waals surface area (Å²) in [5.74, 6) is -0.234. The fourth-order valence-corrected chi connectivity index (χ4v) is 5.79. The molecule has 34 heavy (non-hydrogen) atoms. The average molecular weight is 492 g/mol. The minimum absolute atomic E-state index is 0.00135. The minimum atomic E-state index is -1.19. The van der Waals surface area contributed by atoms with Crippen molar-refractivity contribution < 1.29 is 24.5 Å². The Morgan fingerprint density at radius 2 is 1.88 bits per heavy atom. The van der Waals surface area contributed by atoms with E-state index in [0.717, 1.165) is 48.4 Å². The number of fused-ring (bicyclic) bond motifs is 1. The predicted molar refractivity (Wildman–Crippen MR) is 134 cm³/mol. The number of aromatic nitrogens is 1. The van der Waals surface area contributed by atoms with Gasteiger partial charge >= 0.3 is 5.97 Å². The second-order valence-corrected chi connectivity index (χ2v) is 12.2. The van der Waals surface area contributed by atoms with Crippen LogP contribution in [0.25, 0.3) is 6.08 Å². The van der Waals surface area contributed by atoms with E-state index in [1.165, 1.54) is 0 Å². The average Bonchev–Trinajstić information content (AvgIpc) is 3.38. The number of ketones is 1. The fourth-order valence-electron chi connectivity index (χ4n) is 5.22. The van der Waals surface area contributed by atoms with Crippen LogP contribution in [-0.4, -0.2) is 45.3 Å². The highest BCUT2D eigenvalue weighted by Crippen LogP contribution is 2.47. The van der Waals surface area contributed by atoms with Gasteiger partial charge in [-0.05, 0) is 62.5 Å². The molecule has 190 valence electrons. The smallest absolute Gasteiger partial charge is 0.309 e. The third-order valence-corrected chi connectivity index (χ3v) is 8.74. The van der Waals surface area contributed by atoms with E-state index in [1.807, 2.05) is 32.2 Å². The molecule has 0 bridgehead atoms. The number of ether oxygens (including phenoxy) is 1. The van der Waals surface area contributed by atoms with Crippen molar-refractivity contribution in [2.45, 2.75) is 98.4 Å². The number of carbonyl (C=O) groups is 2. The second kappa shape index (κ2) is 11.0. The van der Waals surface area contributed by atoms with Gasteiger partial charge in [0.05, 0.1) is 34.7 Å². The van der Waals surface area contributed by atoms with Crippen LogP contribution in [0.5, 0.6) is 0 Å². The van der Waals surface area contributed by atoms with Gasteiger partial charge in [-0.15, -0.1) is 11.3 Å². The van der Waals surface area contributed by atoms with Gasteiger partial charge in [-0.2, -0.15) is 0 Å². The van der Waals surface area contributed by atoms with E-state index < -0.39 is 29.5 Å². The van der Waals surface area contributed by atoms with Crippen molar-refractivity contribution in [3.8, 4) is 0 Å². The van der Waals surface area contributed by atoms with Gasteiger partial charge in [-0.25, -0.2) is 4.98 Å². The predicted octanol–water partition coefficient (Wildman–Crippen LogP) is 4.96. The molecule has 0 aromatic carbocycles. The molecule has 7 atom stereocenters. The van der Waals surface area contributed by atoms with Gasteiger partial charge in [0, 0.05) is 11.3 Å². The van der Waals surface area contributed by atoms with Gasteiger partial charge in [-0.3, -0.25) is 9.59 Å². The molecule has 2 fully saturated rings. The Bertz CT molecular complexity index is 907. The molecule has 7 heteroatoms. The summed E-state index contributed by atoms with van der Waals surface area (Å²) in [4.78, 5) is 30.6. The number of esters is 1. The Hall–Kier alpha value is -1.57. The van der Waals surface area contributed by atoms with Gasteiger partial charge < -0.3 is 14.9 Å². The normalized spacial score (nSPS) is 36.0. The van der Waals surface area contributed by atoms with E-state index in [0.29, 0.717) is 11.8 Å². The number of hydrogen-bond donors (Lipinski definition) is 2. The number of nitrogens with zero attached hydrogens (tertiary/aromatic N) is 1. The van der Waals surface area contributed by atoms with Crippen LogP contribution in [0.15, 0.2) is 11.0 Å². The number of cyclic esters (lactones) is 1. The largest absolute Gasteiger partial charge is 0.458 e. The summed E-state index contributed by atoms with van der Waals surface area (Å²) < 4.78 is 5.90. The lowest BCUT2D eigenvalue weighted by Crippen LogP contribution is -2.45. The highest BCUT2D eigenvalue weighted by Gasteiger charge is 2.43. The van der Waals surface area contributed by atoms with Crippen molar-refractivity contribution >= 4 is 29.2 Å². The molecule has 0 spiro atoms. The summed E-state index contributed by atoms with van der Waals surface area (Å²) in [6, 6.07) is 0. The summed E-state index contributed by atoms with van der Waals surface area (Å²) in [6.07, 6.45) is 4.23. The van der Waals surface area contributed by atoms with Gasteiger partial charge in [0.2, 0.25) is 0 Å². The van der Waals surface area contributed by atoms with Crippen LogP contribution in [0.3, 0.4) is 0 Å². The quantitative estimate of drug-likeness (QED) is 0.568. The molecule has 1 aromatic rings. The van der Waals surface area contributed by atoms with Crippen LogP contribution in [0.1, 0.15) is 83.8 Å². The number of aliphatic hydroxyl groups excluding tert-OH is 2. The van der Waals surface area contributed by atoms with Crippen LogP contribution < -0.4 is 0 Å².